The van der Waals surface area contributed by atoms with Crippen LogP contribution in [0.15, 0.2) is 42.5 Å². The van der Waals surface area contributed by atoms with E-state index >= 15 is 0 Å². The van der Waals surface area contributed by atoms with E-state index in [1.807, 2.05) is 29.2 Å². The Morgan fingerprint density at radius 2 is 2.14 bits per heavy atom. The molecule has 5 rings (SSSR count). The van der Waals surface area contributed by atoms with Crippen molar-refractivity contribution in [2.75, 3.05) is 57.9 Å². The van der Waals surface area contributed by atoms with E-state index in [1.165, 1.54) is 0 Å². The number of nitrogens with zero attached hydrogens (tertiary/aromatic N) is 2. The van der Waals surface area contributed by atoms with Crippen LogP contribution in [0, 0.1) is 12.1 Å². The number of methoxy groups -OCH3 is 1. The molecular weight excluding hydrogens is 454 g/mol. The van der Waals surface area contributed by atoms with Gasteiger partial charge in [-0.15, -0.1) is 0 Å². The number of anilines is 1. The summed E-state index contributed by atoms with van der Waals surface area (Å²) in [5.74, 6) is 0.783. The maximum atomic E-state index is 13.4. The molecule has 1 amide bonds. The van der Waals surface area contributed by atoms with Gasteiger partial charge in [0.15, 0.2) is 5.75 Å². The van der Waals surface area contributed by atoms with E-state index in [4.69, 9.17) is 14.2 Å². The van der Waals surface area contributed by atoms with Crippen LogP contribution in [0.5, 0.6) is 5.75 Å². The van der Waals surface area contributed by atoms with Crippen molar-refractivity contribution in [1.29, 1.82) is 0 Å². The van der Waals surface area contributed by atoms with E-state index < -0.39 is 6.10 Å². The smallest absolute Gasteiger partial charge is 0.253 e. The van der Waals surface area contributed by atoms with Crippen molar-refractivity contribution in [2.24, 2.45) is 0 Å². The Morgan fingerprint density at radius 1 is 1.28 bits per heavy atom. The number of morpholine rings is 1. The van der Waals surface area contributed by atoms with Gasteiger partial charge in [-0.3, -0.25) is 4.79 Å². The maximum Gasteiger partial charge on any atom is 0.253 e. The van der Waals surface area contributed by atoms with Gasteiger partial charge in [-0.25, -0.2) is 0 Å². The van der Waals surface area contributed by atoms with Gasteiger partial charge < -0.3 is 29.3 Å². The molecule has 2 aromatic rings. The van der Waals surface area contributed by atoms with Gasteiger partial charge in [-0.05, 0) is 42.5 Å². The molecule has 7 heteroatoms. The molecule has 36 heavy (non-hydrogen) atoms. The zero-order valence-corrected chi connectivity index (χ0v) is 21.0. The normalized spacial score (nSPS) is 19.2. The Labute approximate surface area is 214 Å². The van der Waals surface area contributed by atoms with Crippen molar-refractivity contribution in [3.63, 3.8) is 0 Å². The van der Waals surface area contributed by atoms with Gasteiger partial charge >= 0.3 is 0 Å². The molecular formula is C29H35N3O4. The lowest BCUT2D eigenvalue weighted by atomic mass is 9.98. The number of fused-ring (bicyclic) bond motifs is 1. The molecule has 2 heterocycles. The Balaban J connectivity index is 1.39. The number of amides is 1. The van der Waals surface area contributed by atoms with E-state index in [-0.39, 0.29) is 5.91 Å². The van der Waals surface area contributed by atoms with Gasteiger partial charge in [0.1, 0.15) is 12.7 Å². The Hall–Kier alpha value is -3.05. The van der Waals surface area contributed by atoms with Gasteiger partial charge in [0.05, 0.1) is 12.3 Å². The summed E-state index contributed by atoms with van der Waals surface area (Å²) in [5.41, 5.74) is 4.32. The standard InChI is InChI=1S/C29H35N3O4/c1-34-17-6-15-31-16-13-23(20-32(24-11-12-24)29(33)27-19-30-14-18-35-27)25-9-5-10-26(28(25)31)36-21-22-7-3-2-4-8-22/h2-4,7-9,13,24,27,30H,6,11-12,14-21H2,1H3/t27-/m1/s1. The van der Waals surface area contributed by atoms with Crippen LogP contribution in [0.25, 0.3) is 5.57 Å². The maximum absolute atomic E-state index is 13.4. The van der Waals surface area contributed by atoms with Crippen LogP contribution in [0.3, 0.4) is 0 Å². The van der Waals surface area contributed by atoms with Gasteiger partial charge in [0, 0.05) is 58.0 Å². The number of carbonyl (C=O) groups is 1. The number of hydrogen-bond donors (Lipinski definition) is 1. The second-order valence-corrected chi connectivity index (χ2v) is 9.56. The summed E-state index contributed by atoms with van der Waals surface area (Å²) in [4.78, 5) is 17.7. The number of benzene rings is 1. The van der Waals surface area contributed by atoms with Crippen molar-refractivity contribution in [3.05, 3.63) is 65.7 Å². The molecule has 0 radical (unpaired) electrons. The van der Waals surface area contributed by atoms with E-state index in [2.05, 4.69) is 40.6 Å². The third kappa shape index (κ3) is 5.84. The summed E-state index contributed by atoms with van der Waals surface area (Å²) in [6.07, 6.45) is 4.85. The Bertz CT molecular complexity index is 1050. The molecule has 2 aliphatic heterocycles. The third-order valence-corrected chi connectivity index (χ3v) is 6.91. The Kier molecular flexibility index (Phi) is 8.07. The lowest BCUT2D eigenvalue weighted by molar-refractivity contribution is -0.145. The highest BCUT2D eigenvalue weighted by molar-refractivity contribution is 5.88. The average Bonchev–Trinajstić information content (AvgIpc) is 3.77. The van der Waals surface area contributed by atoms with Crippen LogP contribution in [-0.2, 0) is 20.9 Å². The molecule has 190 valence electrons. The number of nitrogens with one attached hydrogen (secondary N) is 1. The van der Waals surface area contributed by atoms with Crippen LogP contribution in [0.2, 0.25) is 0 Å². The molecule has 1 atom stereocenters. The molecule has 0 spiro atoms. The summed E-state index contributed by atoms with van der Waals surface area (Å²) >= 11 is 0. The highest BCUT2D eigenvalue weighted by Gasteiger charge is 2.38. The number of hydrogen-bond acceptors (Lipinski definition) is 6. The van der Waals surface area contributed by atoms with Crippen molar-refractivity contribution in [3.8, 4) is 5.75 Å². The van der Waals surface area contributed by atoms with Crippen LogP contribution in [-0.4, -0.2) is 76.0 Å². The minimum absolute atomic E-state index is 0.0849. The van der Waals surface area contributed by atoms with Crippen LogP contribution < -0.4 is 15.0 Å². The first-order valence-corrected chi connectivity index (χ1v) is 12.9. The molecule has 0 unspecified atom stereocenters. The fourth-order valence-electron chi connectivity index (χ4n) is 4.86. The van der Waals surface area contributed by atoms with Crippen molar-refractivity contribution in [2.45, 2.75) is 38.0 Å². The predicted molar refractivity (Wildman–Crippen MR) is 139 cm³/mol. The van der Waals surface area contributed by atoms with Gasteiger partial charge in [-0.1, -0.05) is 42.5 Å². The van der Waals surface area contributed by atoms with Gasteiger partial charge in [0.25, 0.3) is 5.91 Å². The first-order chi connectivity index (χ1) is 17.7. The third-order valence-electron chi connectivity index (χ3n) is 6.91. The number of ether oxygens (including phenoxy) is 3. The molecule has 0 bridgehead atoms. The van der Waals surface area contributed by atoms with Gasteiger partial charge in [0.2, 0.25) is 0 Å². The second-order valence-electron chi connectivity index (χ2n) is 9.56. The average molecular weight is 490 g/mol. The molecule has 0 aromatic heterocycles. The second kappa shape index (κ2) is 11.8. The van der Waals surface area contributed by atoms with Crippen LogP contribution in [0.4, 0.5) is 5.69 Å². The van der Waals surface area contributed by atoms with E-state index in [1.54, 1.807) is 7.11 Å². The molecule has 1 N–H and O–H groups in total. The van der Waals surface area contributed by atoms with Crippen molar-refractivity contribution in [1.82, 2.24) is 10.2 Å². The molecule has 3 aliphatic rings. The molecule has 1 aliphatic carbocycles. The summed E-state index contributed by atoms with van der Waals surface area (Å²) in [7, 11) is 1.73. The van der Waals surface area contributed by atoms with Crippen molar-refractivity contribution >= 4 is 17.2 Å². The number of carbonyl (C=O) groups excluding carboxylic acids is 1. The first-order valence-electron chi connectivity index (χ1n) is 12.9. The number of rotatable bonds is 11. The lowest BCUT2D eigenvalue weighted by Gasteiger charge is -2.35. The topological polar surface area (TPSA) is 63.3 Å². The lowest BCUT2D eigenvalue weighted by Crippen LogP contribution is -2.50. The van der Waals surface area contributed by atoms with Gasteiger partial charge in [-0.2, -0.15) is 0 Å². The quantitative estimate of drug-likeness (QED) is 0.490. The van der Waals surface area contributed by atoms with E-state index in [0.29, 0.717) is 44.7 Å². The summed E-state index contributed by atoms with van der Waals surface area (Å²) < 4.78 is 17.4. The summed E-state index contributed by atoms with van der Waals surface area (Å²) in [6, 6.07) is 18.8. The predicted octanol–water partition coefficient (Wildman–Crippen LogP) is 3.09. The fraction of sp³-hybridized carbons (Fsp3) is 0.483. The van der Waals surface area contributed by atoms with Crippen LogP contribution in [0.1, 0.15) is 30.4 Å². The summed E-state index contributed by atoms with van der Waals surface area (Å²) in [5, 5.41) is 3.28. The highest BCUT2D eigenvalue weighted by Crippen LogP contribution is 2.40. The van der Waals surface area contributed by atoms with Crippen LogP contribution >= 0.6 is 0 Å². The first kappa shape index (κ1) is 24.6. The van der Waals surface area contributed by atoms with E-state index in [9.17, 15) is 4.79 Å². The zero-order chi connectivity index (χ0) is 24.7. The molecule has 2 aromatic carbocycles. The minimum atomic E-state index is -0.408. The largest absolute Gasteiger partial charge is 0.479 e. The SMILES string of the molecule is COCCCN1CC=C(CN(C(=O)[C@H]2CNCCO2)C2CC2)c2cc#cc(OCc3ccccc3)c21. The molecule has 7 nitrogen and oxygen atoms in total. The summed E-state index contributed by atoms with van der Waals surface area (Å²) in [6.45, 7) is 5.27. The zero-order valence-electron chi connectivity index (χ0n) is 21.0. The monoisotopic (exact) mass is 489 g/mol. The molecule has 2 fully saturated rings. The Morgan fingerprint density at radius 3 is 2.89 bits per heavy atom. The molecule has 1 saturated carbocycles. The minimum Gasteiger partial charge on any atom is -0.479 e. The van der Waals surface area contributed by atoms with E-state index in [0.717, 1.165) is 61.3 Å². The van der Waals surface area contributed by atoms with Crippen molar-refractivity contribution < 1.29 is 19.0 Å². The highest BCUT2D eigenvalue weighted by atomic mass is 16.5. The molecule has 1 saturated heterocycles. The fourth-order valence-corrected chi connectivity index (χ4v) is 4.86.